The highest BCUT2D eigenvalue weighted by Gasteiger charge is 2.41. The molecule has 1 aromatic heterocycles. The van der Waals surface area contributed by atoms with Crippen molar-refractivity contribution in [2.24, 2.45) is 0 Å². The zero-order valence-electron chi connectivity index (χ0n) is 15.0. The molecule has 3 rings (SSSR count). The van der Waals surface area contributed by atoms with E-state index in [0.717, 1.165) is 24.9 Å². The summed E-state index contributed by atoms with van der Waals surface area (Å²) in [5, 5.41) is 0. The molecule has 138 valence electrons. The number of aromatic nitrogens is 2. The van der Waals surface area contributed by atoms with Gasteiger partial charge in [-0.25, -0.2) is 4.98 Å². The Balaban J connectivity index is 1.72. The van der Waals surface area contributed by atoms with Crippen LogP contribution in [0.3, 0.4) is 0 Å². The number of aromatic amines is 1. The highest BCUT2D eigenvalue weighted by Crippen LogP contribution is 2.35. The van der Waals surface area contributed by atoms with Crippen LogP contribution in [0.1, 0.15) is 45.3 Å². The van der Waals surface area contributed by atoms with Crippen molar-refractivity contribution in [1.82, 2.24) is 19.8 Å². The van der Waals surface area contributed by atoms with Gasteiger partial charge in [0.2, 0.25) is 6.41 Å². The summed E-state index contributed by atoms with van der Waals surface area (Å²) in [6, 6.07) is 0.517. The lowest BCUT2D eigenvalue weighted by Gasteiger charge is -2.35. The first kappa shape index (κ1) is 17.7. The molecule has 1 saturated heterocycles. The highest BCUT2D eigenvalue weighted by atomic mass is 16.5. The van der Waals surface area contributed by atoms with Gasteiger partial charge in [-0.3, -0.25) is 9.59 Å². The van der Waals surface area contributed by atoms with Crippen molar-refractivity contribution in [2.45, 2.75) is 57.9 Å². The van der Waals surface area contributed by atoms with Crippen LogP contribution in [-0.2, 0) is 14.3 Å². The predicted octanol–water partition coefficient (Wildman–Crippen LogP) is 1.11. The van der Waals surface area contributed by atoms with Gasteiger partial charge in [-0.05, 0) is 33.6 Å². The largest absolute Gasteiger partial charge is 0.462 e. The maximum atomic E-state index is 13.0. The molecule has 0 unspecified atom stereocenters. The van der Waals surface area contributed by atoms with Crippen LogP contribution < -0.4 is 4.74 Å². The van der Waals surface area contributed by atoms with Crippen molar-refractivity contribution in [3.8, 4) is 6.01 Å². The predicted molar refractivity (Wildman–Crippen MR) is 90.0 cm³/mol. The first-order valence-electron chi connectivity index (χ1n) is 8.84. The molecule has 0 spiro atoms. The van der Waals surface area contributed by atoms with Gasteiger partial charge in [0.25, 0.3) is 11.9 Å². The Morgan fingerprint density at radius 2 is 2.24 bits per heavy atom. The van der Waals surface area contributed by atoms with E-state index in [4.69, 9.17) is 9.47 Å². The third-order valence-corrected chi connectivity index (χ3v) is 4.50. The molecule has 1 aliphatic carbocycles. The molecule has 2 amide bonds. The van der Waals surface area contributed by atoms with Crippen molar-refractivity contribution >= 4 is 12.3 Å². The first-order chi connectivity index (χ1) is 12.0. The van der Waals surface area contributed by atoms with Crippen LogP contribution in [0.15, 0.2) is 6.20 Å². The zero-order chi connectivity index (χ0) is 18.0. The average Bonchev–Trinajstić information content (AvgIpc) is 3.32. The molecular formula is C17H26N4O4. The van der Waals surface area contributed by atoms with Crippen molar-refractivity contribution in [3.63, 3.8) is 0 Å². The number of carbonyl (C=O) groups is 2. The SMILES string of the molecule is CC(C)Oc1ncc([C@@H](C)N(C(=O)[C@H]2CN(C=O)CCO2)C2CC2)[nH]1. The number of morpholine rings is 1. The number of amides is 2. The Kier molecular flexibility index (Phi) is 5.27. The number of carbonyl (C=O) groups excluding carboxylic acids is 2. The summed E-state index contributed by atoms with van der Waals surface area (Å²) in [5.41, 5.74) is 0.832. The number of ether oxygens (including phenoxy) is 2. The van der Waals surface area contributed by atoms with E-state index < -0.39 is 6.10 Å². The van der Waals surface area contributed by atoms with E-state index in [2.05, 4.69) is 9.97 Å². The summed E-state index contributed by atoms with van der Waals surface area (Å²) in [6.45, 7) is 7.07. The number of H-pyrrole nitrogens is 1. The molecule has 25 heavy (non-hydrogen) atoms. The second-order valence-corrected chi connectivity index (χ2v) is 6.92. The maximum absolute atomic E-state index is 13.0. The molecule has 2 atom stereocenters. The van der Waals surface area contributed by atoms with Gasteiger partial charge in [0.05, 0.1) is 37.2 Å². The lowest BCUT2D eigenvalue weighted by atomic mass is 10.1. The van der Waals surface area contributed by atoms with Gasteiger partial charge >= 0.3 is 0 Å². The summed E-state index contributed by atoms with van der Waals surface area (Å²) >= 11 is 0. The average molecular weight is 350 g/mol. The minimum atomic E-state index is -0.601. The lowest BCUT2D eigenvalue weighted by Crippen LogP contribution is -2.51. The molecule has 1 saturated carbocycles. The van der Waals surface area contributed by atoms with Crippen LogP contribution in [0.5, 0.6) is 6.01 Å². The van der Waals surface area contributed by atoms with E-state index in [1.807, 2.05) is 25.7 Å². The number of nitrogens with zero attached hydrogens (tertiary/aromatic N) is 3. The number of imidazole rings is 1. The van der Waals surface area contributed by atoms with E-state index in [-0.39, 0.29) is 24.1 Å². The summed E-state index contributed by atoms with van der Waals surface area (Å²) in [6.07, 6.45) is 3.90. The second kappa shape index (κ2) is 7.43. The van der Waals surface area contributed by atoms with E-state index in [9.17, 15) is 9.59 Å². The van der Waals surface area contributed by atoms with Crippen LogP contribution in [-0.4, -0.2) is 70.0 Å². The summed E-state index contributed by atoms with van der Waals surface area (Å²) in [5.74, 6) is -0.0672. The third kappa shape index (κ3) is 4.12. The van der Waals surface area contributed by atoms with Gasteiger partial charge < -0.3 is 24.3 Å². The number of hydrogen-bond acceptors (Lipinski definition) is 5. The van der Waals surface area contributed by atoms with Crippen molar-refractivity contribution < 1.29 is 19.1 Å². The fourth-order valence-electron chi connectivity index (χ4n) is 3.08. The quantitative estimate of drug-likeness (QED) is 0.744. The Morgan fingerprint density at radius 3 is 2.88 bits per heavy atom. The normalized spacial score (nSPS) is 21.9. The number of hydrogen-bond donors (Lipinski definition) is 1. The molecule has 1 N–H and O–H groups in total. The van der Waals surface area contributed by atoms with Gasteiger partial charge in [-0.15, -0.1) is 0 Å². The van der Waals surface area contributed by atoms with E-state index in [1.54, 1.807) is 11.1 Å². The summed E-state index contributed by atoms with van der Waals surface area (Å²) in [4.78, 5) is 34.9. The van der Waals surface area contributed by atoms with Gasteiger partial charge in [0, 0.05) is 12.6 Å². The monoisotopic (exact) mass is 350 g/mol. The first-order valence-corrected chi connectivity index (χ1v) is 8.84. The fraction of sp³-hybridized carbons (Fsp3) is 0.706. The molecule has 0 radical (unpaired) electrons. The molecular weight excluding hydrogens is 324 g/mol. The highest BCUT2D eigenvalue weighted by molar-refractivity contribution is 5.82. The standard InChI is InChI=1S/C17H26N4O4/c1-11(2)25-17-18-8-14(19-17)12(3)21(13-4-5-13)16(23)15-9-20(10-22)6-7-24-15/h8,10-13,15H,4-7,9H2,1-3H3,(H,18,19)/t12-,15-/m1/s1. The van der Waals surface area contributed by atoms with Gasteiger partial charge in [0.1, 0.15) is 0 Å². The van der Waals surface area contributed by atoms with Crippen molar-refractivity contribution in [2.75, 3.05) is 19.7 Å². The van der Waals surface area contributed by atoms with E-state index in [1.165, 1.54) is 0 Å². The molecule has 2 fully saturated rings. The number of nitrogens with one attached hydrogen (secondary N) is 1. The van der Waals surface area contributed by atoms with Crippen LogP contribution >= 0.6 is 0 Å². The van der Waals surface area contributed by atoms with Gasteiger partial charge in [0.15, 0.2) is 6.10 Å². The molecule has 2 heterocycles. The summed E-state index contributed by atoms with van der Waals surface area (Å²) < 4.78 is 11.2. The molecule has 0 aromatic carbocycles. The Bertz CT molecular complexity index is 614. The second-order valence-electron chi connectivity index (χ2n) is 6.92. The molecule has 1 aromatic rings. The van der Waals surface area contributed by atoms with Crippen molar-refractivity contribution in [3.05, 3.63) is 11.9 Å². The van der Waals surface area contributed by atoms with Gasteiger partial charge in [-0.1, -0.05) is 0 Å². The third-order valence-electron chi connectivity index (χ3n) is 4.50. The molecule has 1 aliphatic heterocycles. The topological polar surface area (TPSA) is 87.8 Å². The minimum absolute atomic E-state index is 0.0282. The Hall–Kier alpha value is -2.09. The molecule has 2 aliphatic rings. The number of rotatable bonds is 7. The Morgan fingerprint density at radius 1 is 1.48 bits per heavy atom. The Labute approximate surface area is 147 Å². The van der Waals surface area contributed by atoms with Crippen molar-refractivity contribution in [1.29, 1.82) is 0 Å². The lowest BCUT2D eigenvalue weighted by molar-refractivity contribution is -0.153. The van der Waals surface area contributed by atoms with Crippen LogP contribution in [0.25, 0.3) is 0 Å². The van der Waals surface area contributed by atoms with Gasteiger partial charge in [-0.2, -0.15) is 0 Å². The van der Waals surface area contributed by atoms with Crippen LogP contribution in [0.2, 0.25) is 0 Å². The van der Waals surface area contributed by atoms with E-state index >= 15 is 0 Å². The molecule has 0 bridgehead atoms. The fourth-order valence-corrected chi connectivity index (χ4v) is 3.08. The van der Waals surface area contributed by atoms with Crippen LogP contribution in [0, 0.1) is 0 Å². The summed E-state index contributed by atoms with van der Waals surface area (Å²) in [7, 11) is 0. The molecule has 8 nitrogen and oxygen atoms in total. The maximum Gasteiger partial charge on any atom is 0.294 e. The van der Waals surface area contributed by atoms with E-state index in [0.29, 0.717) is 25.7 Å². The van der Waals surface area contributed by atoms with Crippen LogP contribution in [0.4, 0.5) is 0 Å². The minimum Gasteiger partial charge on any atom is -0.462 e. The zero-order valence-corrected chi connectivity index (χ0v) is 15.0. The smallest absolute Gasteiger partial charge is 0.294 e. The molecule has 8 heteroatoms.